The molecule has 2 aliphatic rings. The van der Waals surface area contributed by atoms with Gasteiger partial charge in [-0.3, -0.25) is 14.7 Å². The summed E-state index contributed by atoms with van der Waals surface area (Å²) in [6.45, 7) is 12.2. The molecular weight excluding hydrogens is 381 g/mol. The van der Waals surface area contributed by atoms with E-state index in [0.29, 0.717) is 6.54 Å². The van der Waals surface area contributed by atoms with E-state index in [4.69, 9.17) is 0 Å². The number of rotatable bonds is 5. The van der Waals surface area contributed by atoms with E-state index in [0.717, 1.165) is 63.6 Å². The Bertz CT molecular complexity index is 734. The highest BCUT2D eigenvalue weighted by molar-refractivity contribution is 5.82. The van der Waals surface area contributed by atoms with Gasteiger partial charge in [-0.15, -0.1) is 0 Å². The summed E-state index contributed by atoms with van der Waals surface area (Å²) in [5.74, 6) is 0.932. The molecule has 2 saturated heterocycles. The van der Waals surface area contributed by atoms with Gasteiger partial charge in [0.05, 0.1) is 6.04 Å². The fourth-order valence-corrected chi connectivity index (χ4v) is 4.31. The lowest BCUT2D eigenvalue weighted by molar-refractivity contribution is -0.135. The van der Waals surface area contributed by atoms with E-state index < -0.39 is 0 Å². The molecule has 1 atom stereocenters. The summed E-state index contributed by atoms with van der Waals surface area (Å²) < 4.78 is 13.2. The standard InChI is InChI=1S/C23H36FN5O/c1-18(21(30)28-11-5-6-12-28)27-13-15-29(16-14-27)22(25-4)26-17-23(2,3)19-7-9-20(24)10-8-19/h7-10,18H,5-6,11-17H2,1-4H3,(H,25,26). The van der Waals surface area contributed by atoms with Crippen molar-refractivity contribution in [2.75, 3.05) is 52.9 Å². The van der Waals surface area contributed by atoms with Gasteiger partial charge in [-0.2, -0.15) is 0 Å². The first-order valence-corrected chi connectivity index (χ1v) is 11.1. The molecule has 1 aromatic rings. The van der Waals surface area contributed by atoms with Crippen LogP contribution in [0.3, 0.4) is 0 Å². The van der Waals surface area contributed by atoms with E-state index >= 15 is 0 Å². The van der Waals surface area contributed by atoms with Gasteiger partial charge in [-0.1, -0.05) is 26.0 Å². The molecule has 0 radical (unpaired) electrons. The maximum Gasteiger partial charge on any atom is 0.239 e. The third kappa shape index (κ3) is 5.31. The summed E-state index contributed by atoms with van der Waals surface area (Å²) in [6.07, 6.45) is 2.25. The number of halogens is 1. The van der Waals surface area contributed by atoms with Crippen LogP contribution in [0.2, 0.25) is 0 Å². The van der Waals surface area contributed by atoms with E-state index in [1.54, 1.807) is 7.05 Å². The SMILES string of the molecule is CN=C(NCC(C)(C)c1ccc(F)cc1)N1CCN(C(C)C(=O)N2CCCC2)CC1. The molecule has 1 amide bonds. The van der Waals surface area contributed by atoms with E-state index in [1.165, 1.54) is 12.1 Å². The number of carbonyl (C=O) groups excluding carboxylic acids is 1. The highest BCUT2D eigenvalue weighted by atomic mass is 19.1. The van der Waals surface area contributed by atoms with Crippen molar-refractivity contribution in [3.05, 3.63) is 35.6 Å². The predicted molar refractivity (Wildman–Crippen MR) is 119 cm³/mol. The summed E-state index contributed by atoms with van der Waals surface area (Å²) in [7, 11) is 1.80. The first-order chi connectivity index (χ1) is 14.3. The number of nitrogens with one attached hydrogen (secondary N) is 1. The third-order valence-electron chi connectivity index (χ3n) is 6.46. The van der Waals surface area contributed by atoms with Crippen LogP contribution in [0.25, 0.3) is 0 Å². The third-order valence-corrected chi connectivity index (χ3v) is 6.46. The quantitative estimate of drug-likeness (QED) is 0.590. The topological polar surface area (TPSA) is 51.2 Å². The minimum absolute atomic E-state index is 0.0577. The van der Waals surface area contributed by atoms with Crippen LogP contribution in [0, 0.1) is 5.82 Å². The van der Waals surface area contributed by atoms with Crippen LogP contribution in [0.4, 0.5) is 4.39 Å². The van der Waals surface area contributed by atoms with E-state index in [9.17, 15) is 9.18 Å². The minimum Gasteiger partial charge on any atom is -0.355 e. The first-order valence-electron chi connectivity index (χ1n) is 11.1. The van der Waals surface area contributed by atoms with Crippen molar-refractivity contribution >= 4 is 11.9 Å². The van der Waals surface area contributed by atoms with Crippen LogP contribution in [-0.2, 0) is 10.2 Å². The monoisotopic (exact) mass is 417 g/mol. The molecular formula is C23H36FN5O. The Hall–Kier alpha value is -2.15. The van der Waals surface area contributed by atoms with Crippen LogP contribution in [0.5, 0.6) is 0 Å². The van der Waals surface area contributed by atoms with Gasteiger partial charge in [0, 0.05) is 58.3 Å². The van der Waals surface area contributed by atoms with Gasteiger partial charge in [0.2, 0.25) is 5.91 Å². The first kappa shape index (κ1) is 22.5. The predicted octanol–water partition coefficient (Wildman–Crippen LogP) is 2.31. The number of nitrogens with zero attached hydrogens (tertiary/aromatic N) is 4. The summed E-state index contributed by atoms with van der Waals surface area (Å²) in [5.41, 5.74) is 0.938. The number of hydrogen-bond acceptors (Lipinski definition) is 3. The Labute approximate surface area is 180 Å². The lowest BCUT2D eigenvalue weighted by Crippen LogP contribution is -2.57. The van der Waals surface area contributed by atoms with Crippen LogP contribution in [0.1, 0.15) is 39.2 Å². The molecule has 0 bridgehead atoms. The van der Waals surface area contributed by atoms with Crippen molar-refractivity contribution in [3.63, 3.8) is 0 Å². The zero-order valence-corrected chi connectivity index (χ0v) is 18.8. The molecule has 166 valence electrons. The van der Waals surface area contributed by atoms with Crippen LogP contribution >= 0.6 is 0 Å². The van der Waals surface area contributed by atoms with Crippen LogP contribution in [0.15, 0.2) is 29.3 Å². The zero-order chi connectivity index (χ0) is 21.7. The number of guanidine groups is 1. The van der Waals surface area contributed by atoms with Gasteiger partial charge >= 0.3 is 0 Å². The fourth-order valence-electron chi connectivity index (χ4n) is 4.31. The van der Waals surface area contributed by atoms with Crippen LogP contribution in [-0.4, -0.2) is 85.5 Å². The lowest BCUT2D eigenvalue weighted by Gasteiger charge is -2.40. The number of carbonyl (C=O) groups is 1. The van der Waals surface area contributed by atoms with Crippen molar-refractivity contribution in [1.82, 2.24) is 20.0 Å². The van der Waals surface area contributed by atoms with E-state index in [1.807, 2.05) is 24.0 Å². The van der Waals surface area contributed by atoms with Gasteiger partial charge in [-0.25, -0.2) is 4.39 Å². The molecule has 1 aromatic carbocycles. The molecule has 2 aliphatic heterocycles. The summed E-state index contributed by atoms with van der Waals surface area (Å²) in [6, 6.07) is 6.65. The summed E-state index contributed by atoms with van der Waals surface area (Å²) in [4.78, 5) is 23.7. The normalized spacial score (nSPS) is 19.8. The van der Waals surface area contributed by atoms with E-state index in [-0.39, 0.29) is 23.2 Å². The number of amides is 1. The summed E-state index contributed by atoms with van der Waals surface area (Å²) in [5, 5.41) is 3.49. The molecule has 30 heavy (non-hydrogen) atoms. The van der Waals surface area contributed by atoms with Gasteiger partial charge in [0.25, 0.3) is 0 Å². The van der Waals surface area contributed by atoms with Crippen molar-refractivity contribution in [3.8, 4) is 0 Å². The second kappa shape index (κ2) is 9.77. The number of hydrogen-bond donors (Lipinski definition) is 1. The van der Waals surface area contributed by atoms with Crippen molar-refractivity contribution in [2.45, 2.75) is 45.1 Å². The second-order valence-corrected chi connectivity index (χ2v) is 9.02. The average molecular weight is 418 g/mol. The molecule has 1 unspecified atom stereocenters. The van der Waals surface area contributed by atoms with Gasteiger partial charge in [0.15, 0.2) is 5.96 Å². The molecule has 7 heteroatoms. The Balaban J connectivity index is 1.51. The minimum atomic E-state index is -0.214. The second-order valence-electron chi connectivity index (χ2n) is 9.02. The largest absolute Gasteiger partial charge is 0.355 e. The maximum atomic E-state index is 13.2. The highest BCUT2D eigenvalue weighted by Gasteiger charge is 2.31. The number of aliphatic imine (C=N–C) groups is 1. The number of benzene rings is 1. The molecule has 1 N–H and O–H groups in total. The van der Waals surface area contributed by atoms with Crippen LogP contribution < -0.4 is 5.32 Å². The molecule has 2 heterocycles. The van der Waals surface area contributed by atoms with Crippen molar-refractivity contribution in [2.24, 2.45) is 4.99 Å². The molecule has 2 fully saturated rings. The molecule has 0 spiro atoms. The van der Waals surface area contributed by atoms with Gasteiger partial charge in [-0.05, 0) is 37.5 Å². The lowest BCUT2D eigenvalue weighted by atomic mass is 9.84. The maximum absolute atomic E-state index is 13.2. The number of piperazine rings is 1. The van der Waals surface area contributed by atoms with E-state index in [2.05, 4.69) is 34.0 Å². The Morgan fingerprint density at radius 1 is 1.07 bits per heavy atom. The summed E-state index contributed by atoms with van der Waals surface area (Å²) >= 11 is 0. The molecule has 6 nitrogen and oxygen atoms in total. The average Bonchev–Trinajstić information content (AvgIpc) is 3.29. The highest BCUT2D eigenvalue weighted by Crippen LogP contribution is 2.22. The fraction of sp³-hybridized carbons (Fsp3) is 0.652. The molecule has 0 aliphatic carbocycles. The smallest absolute Gasteiger partial charge is 0.239 e. The Morgan fingerprint density at radius 3 is 2.23 bits per heavy atom. The zero-order valence-electron chi connectivity index (χ0n) is 18.8. The Morgan fingerprint density at radius 2 is 1.67 bits per heavy atom. The van der Waals surface area contributed by atoms with Gasteiger partial charge < -0.3 is 15.1 Å². The molecule has 0 aromatic heterocycles. The van der Waals surface area contributed by atoms with Gasteiger partial charge in [0.1, 0.15) is 5.82 Å². The molecule has 0 saturated carbocycles. The molecule has 3 rings (SSSR count). The Kier molecular flexibility index (Phi) is 7.34. The number of likely N-dealkylation sites (tertiary alicyclic amines) is 1. The van der Waals surface area contributed by atoms with Crippen molar-refractivity contribution < 1.29 is 9.18 Å². The van der Waals surface area contributed by atoms with Crippen molar-refractivity contribution in [1.29, 1.82) is 0 Å².